The number of aromatic nitrogens is 2. The third-order valence-electron chi connectivity index (χ3n) is 4.11. The zero-order chi connectivity index (χ0) is 20.1. The van der Waals surface area contributed by atoms with E-state index in [1.807, 2.05) is 0 Å². The second-order valence-electron chi connectivity index (χ2n) is 6.07. The first kappa shape index (κ1) is 19.6. The van der Waals surface area contributed by atoms with Gasteiger partial charge in [-0.05, 0) is 30.2 Å². The van der Waals surface area contributed by atoms with Gasteiger partial charge < -0.3 is 10.6 Å². The molecule has 8 heteroatoms. The highest BCUT2D eigenvalue weighted by Gasteiger charge is 2.16. The van der Waals surface area contributed by atoms with Gasteiger partial charge in [0, 0.05) is 19.7 Å². The van der Waals surface area contributed by atoms with Gasteiger partial charge in [-0.2, -0.15) is 5.10 Å². The van der Waals surface area contributed by atoms with E-state index in [0.29, 0.717) is 28.4 Å². The van der Waals surface area contributed by atoms with Crippen LogP contribution >= 0.6 is 11.6 Å². The molecule has 0 fully saturated rings. The van der Waals surface area contributed by atoms with Crippen molar-refractivity contribution >= 4 is 29.2 Å². The average molecular weight is 401 g/mol. The Hall–Kier alpha value is -3.19. The Morgan fingerprint density at radius 3 is 2.57 bits per heavy atom. The number of anilines is 1. The van der Waals surface area contributed by atoms with Gasteiger partial charge in [-0.3, -0.25) is 14.3 Å². The van der Waals surface area contributed by atoms with E-state index in [4.69, 9.17) is 11.6 Å². The van der Waals surface area contributed by atoms with E-state index >= 15 is 0 Å². The van der Waals surface area contributed by atoms with Gasteiger partial charge >= 0.3 is 0 Å². The number of halogens is 2. The van der Waals surface area contributed by atoms with Crippen LogP contribution in [0.2, 0.25) is 5.02 Å². The van der Waals surface area contributed by atoms with Gasteiger partial charge in [0.15, 0.2) is 5.69 Å². The van der Waals surface area contributed by atoms with Gasteiger partial charge in [0.1, 0.15) is 11.6 Å². The van der Waals surface area contributed by atoms with Crippen molar-refractivity contribution in [2.75, 3.05) is 11.9 Å². The smallest absolute Gasteiger partial charge is 0.271 e. The van der Waals surface area contributed by atoms with Crippen molar-refractivity contribution in [2.24, 2.45) is 7.05 Å². The summed E-state index contributed by atoms with van der Waals surface area (Å²) in [6, 6.07) is 14.5. The van der Waals surface area contributed by atoms with E-state index in [9.17, 15) is 14.0 Å². The fraction of sp³-hybridized carbons (Fsp3) is 0.150. The zero-order valence-corrected chi connectivity index (χ0v) is 15.8. The van der Waals surface area contributed by atoms with Crippen molar-refractivity contribution in [1.82, 2.24) is 15.1 Å². The van der Waals surface area contributed by atoms with E-state index in [2.05, 4.69) is 15.7 Å². The highest BCUT2D eigenvalue weighted by atomic mass is 35.5. The van der Waals surface area contributed by atoms with Gasteiger partial charge in [-0.15, -0.1) is 0 Å². The molecule has 0 atom stereocenters. The van der Waals surface area contributed by atoms with Crippen LogP contribution in [-0.2, 0) is 13.5 Å². The lowest BCUT2D eigenvalue weighted by Crippen LogP contribution is -2.26. The van der Waals surface area contributed by atoms with Crippen molar-refractivity contribution in [2.45, 2.75) is 6.42 Å². The summed E-state index contributed by atoms with van der Waals surface area (Å²) in [5, 5.41) is 9.81. The Kier molecular flexibility index (Phi) is 6.06. The Labute approximate surface area is 166 Å². The number of nitrogens with zero attached hydrogens (tertiary/aromatic N) is 2. The summed E-state index contributed by atoms with van der Waals surface area (Å²) < 4.78 is 15.0. The molecule has 2 aromatic carbocycles. The van der Waals surface area contributed by atoms with Crippen LogP contribution in [0, 0.1) is 5.82 Å². The van der Waals surface area contributed by atoms with Crippen LogP contribution in [0.1, 0.15) is 26.4 Å². The quantitative estimate of drug-likeness (QED) is 0.665. The number of benzene rings is 2. The molecule has 2 N–H and O–H groups in total. The fourth-order valence-corrected chi connectivity index (χ4v) is 2.85. The first-order chi connectivity index (χ1) is 13.5. The first-order valence-corrected chi connectivity index (χ1v) is 8.95. The lowest BCUT2D eigenvalue weighted by molar-refractivity contribution is 0.0947. The van der Waals surface area contributed by atoms with E-state index in [0.717, 1.165) is 0 Å². The summed E-state index contributed by atoms with van der Waals surface area (Å²) in [5.74, 6) is -0.770. The molecule has 1 aromatic heterocycles. The number of amides is 2. The summed E-state index contributed by atoms with van der Waals surface area (Å²) in [6.45, 7) is 0.262. The number of nitrogens with one attached hydrogen (secondary N) is 2. The molecule has 0 unspecified atom stereocenters. The summed E-state index contributed by atoms with van der Waals surface area (Å²) in [4.78, 5) is 24.6. The maximum Gasteiger partial charge on any atom is 0.271 e. The molecule has 0 saturated heterocycles. The monoisotopic (exact) mass is 400 g/mol. The highest BCUT2D eigenvalue weighted by Crippen LogP contribution is 2.17. The molecule has 1 heterocycles. The molecule has 28 heavy (non-hydrogen) atoms. The van der Waals surface area contributed by atoms with Crippen LogP contribution in [0.4, 0.5) is 10.2 Å². The second kappa shape index (κ2) is 8.67. The minimum absolute atomic E-state index is 0.144. The molecule has 3 rings (SSSR count). The fourth-order valence-electron chi connectivity index (χ4n) is 2.63. The molecule has 0 aliphatic heterocycles. The van der Waals surface area contributed by atoms with Gasteiger partial charge in [-0.1, -0.05) is 41.9 Å². The molecular weight excluding hydrogens is 383 g/mol. The van der Waals surface area contributed by atoms with Gasteiger partial charge in [-0.25, -0.2) is 4.39 Å². The Morgan fingerprint density at radius 2 is 1.82 bits per heavy atom. The Morgan fingerprint density at radius 1 is 1.11 bits per heavy atom. The lowest BCUT2D eigenvalue weighted by atomic mass is 10.1. The number of hydrogen-bond donors (Lipinski definition) is 2. The Bertz CT molecular complexity index is 1020. The molecule has 3 aromatic rings. The van der Waals surface area contributed by atoms with Crippen molar-refractivity contribution in [3.63, 3.8) is 0 Å². The van der Waals surface area contributed by atoms with E-state index in [1.165, 1.54) is 16.8 Å². The van der Waals surface area contributed by atoms with Gasteiger partial charge in [0.25, 0.3) is 11.8 Å². The van der Waals surface area contributed by atoms with Gasteiger partial charge in [0.2, 0.25) is 0 Å². The molecule has 0 aliphatic carbocycles. The summed E-state index contributed by atoms with van der Waals surface area (Å²) in [5.41, 5.74) is 0.989. The molecule has 2 amide bonds. The molecule has 0 radical (unpaired) electrons. The molecule has 144 valence electrons. The van der Waals surface area contributed by atoms with E-state index in [1.54, 1.807) is 49.5 Å². The number of carbonyl (C=O) groups excluding carboxylic acids is 2. The van der Waals surface area contributed by atoms with E-state index in [-0.39, 0.29) is 18.1 Å². The molecule has 0 bridgehead atoms. The van der Waals surface area contributed by atoms with Crippen molar-refractivity contribution < 1.29 is 14.0 Å². The first-order valence-electron chi connectivity index (χ1n) is 8.57. The normalized spacial score (nSPS) is 10.5. The van der Waals surface area contributed by atoms with Crippen LogP contribution in [-0.4, -0.2) is 28.1 Å². The number of carbonyl (C=O) groups is 2. The lowest BCUT2D eigenvalue weighted by Gasteiger charge is -2.06. The molecular formula is C20H18ClFN4O2. The second-order valence-corrected chi connectivity index (χ2v) is 6.48. The molecule has 6 nitrogen and oxygen atoms in total. The van der Waals surface area contributed by atoms with Crippen LogP contribution in [0.15, 0.2) is 54.6 Å². The van der Waals surface area contributed by atoms with E-state index < -0.39 is 11.8 Å². The highest BCUT2D eigenvalue weighted by molar-refractivity contribution is 6.34. The number of hydrogen-bond acceptors (Lipinski definition) is 3. The van der Waals surface area contributed by atoms with Crippen molar-refractivity contribution in [1.29, 1.82) is 0 Å². The standard InChI is InChI=1S/C20H18ClFN4O2/c1-26-18(24-19(27)14-7-3-4-8-15(14)21)12-17(25-26)20(28)23-11-10-13-6-2-5-9-16(13)22/h2-9,12H,10-11H2,1H3,(H,23,28)(H,24,27). The van der Waals surface area contributed by atoms with Crippen LogP contribution in [0.25, 0.3) is 0 Å². The Balaban J connectivity index is 1.61. The zero-order valence-electron chi connectivity index (χ0n) is 15.1. The SMILES string of the molecule is Cn1nc(C(=O)NCCc2ccccc2F)cc1NC(=O)c1ccccc1Cl. The van der Waals surface area contributed by atoms with Gasteiger partial charge in [0.05, 0.1) is 10.6 Å². The maximum absolute atomic E-state index is 13.6. The minimum atomic E-state index is -0.412. The summed E-state index contributed by atoms with van der Waals surface area (Å²) >= 11 is 6.03. The summed E-state index contributed by atoms with van der Waals surface area (Å²) in [7, 11) is 1.61. The molecule has 0 aliphatic rings. The molecule has 0 saturated carbocycles. The largest absolute Gasteiger partial charge is 0.350 e. The molecule has 0 spiro atoms. The van der Waals surface area contributed by atoms with Crippen LogP contribution in [0.3, 0.4) is 0 Å². The predicted octanol–water partition coefficient (Wildman–Crippen LogP) is 3.44. The van der Waals surface area contributed by atoms with Crippen LogP contribution in [0.5, 0.6) is 0 Å². The number of aryl methyl sites for hydroxylation is 1. The average Bonchev–Trinajstić information content (AvgIpc) is 3.04. The van der Waals surface area contributed by atoms with Crippen LogP contribution < -0.4 is 10.6 Å². The maximum atomic E-state index is 13.6. The minimum Gasteiger partial charge on any atom is -0.350 e. The third-order valence-corrected chi connectivity index (χ3v) is 4.44. The summed E-state index contributed by atoms with van der Waals surface area (Å²) in [6.07, 6.45) is 0.362. The van der Waals surface area contributed by atoms with Crippen molar-refractivity contribution in [3.05, 3.63) is 82.3 Å². The third kappa shape index (κ3) is 4.55. The topological polar surface area (TPSA) is 76.0 Å². The van der Waals surface area contributed by atoms with Crippen molar-refractivity contribution in [3.8, 4) is 0 Å². The number of rotatable bonds is 6. The predicted molar refractivity (Wildman–Crippen MR) is 105 cm³/mol.